The van der Waals surface area contributed by atoms with Crippen LogP contribution in [0.2, 0.25) is 0 Å². The molecule has 4 heteroatoms. The van der Waals surface area contributed by atoms with E-state index in [4.69, 9.17) is 9.84 Å². The molecule has 4 fully saturated rings. The van der Waals surface area contributed by atoms with E-state index in [1.54, 1.807) is 6.08 Å². The van der Waals surface area contributed by atoms with Crippen LogP contribution < -0.4 is 0 Å². The number of ketones is 1. The number of aliphatic carboxylic acids is 1. The second kappa shape index (κ2) is 4.02. The van der Waals surface area contributed by atoms with E-state index < -0.39 is 11.4 Å². The molecule has 0 amide bonds. The first-order valence-electron chi connectivity index (χ1n) is 8.35. The Labute approximate surface area is 130 Å². The van der Waals surface area contributed by atoms with Crippen LogP contribution in [0.4, 0.5) is 0 Å². The molecule has 1 N–H and O–H groups in total. The number of hydrogen-bond donors (Lipinski definition) is 1. The van der Waals surface area contributed by atoms with Crippen molar-refractivity contribution in [1.29, 1.82) is 0 Å². The molecule has 2 heterocycles. The summed E-state index contributed by atoms with van der Waals surface area (Å²) in [6, 6.07) is 0. The molecule has 0 radical (unpaired) electrons. The van der Waals surface area contributed by atoms with E-state index in [1.807, 2.05) is 6.92 Å². The molecule has 7 atom stereocenters. The van der Waals surface area contributed by atoms with Gasteiger partial charge in [0.15, 0.2) is 5.78 Å². The Bertz CT molecular complexity index is 596. The molecule has 22 heavy (non-hydrogen) atoms. The van der Waals surface area contributed by atoms with Crippen LogP contribution in [0.1, 0.15) is 46.5 Å². The van der Waals surface area contributed by atoms with E-state index in [2.05, 4.69) is 19.9 Å². The summed E-state index contributed by atoms with van der Waals surface area (Å²) in [5.41, 5.74) is -0.627. The van der Waals surface area contributed by atoms with Crippen molar-refractivity contribution in [2.75, 3.05) is 0 Å². The average Bonchev–Trinajstić information content (AvgIpc) is 2.77. The van der Waals surface area contributed by atoms with Gasteiger partial charge < -0.3 is 9.84 Å². The minimum Gasteiger partial charge on any atom is -0.481 e. The highest BCUT2D eigenvalue weighted by molar-refractivity contribution is 5.96. The fraction of sp³-hybridized carbons (Fsp3) is 0.778. The van der Waals surface area contributed by atoms with Crippen molar-refractivity contribution < 1.29 is 19.4 Å². The van der Waals surface area contributed by atoms with E-state index in [9.17, 15) is 9.59 Å². The summed E-state index contributed by atoms with van der Waals surface area (Å²) in [7, 11) is 0. The number of ether oxygens (including phenoxy) is 1. The topological polar surface area (TPSA) is 63.6 Å². The Balaban J connectivity index is 1.78. The maximum atomic E-state index is 12.7. The molecular weight excluding hydrogens is 280 g/mol. The first kappa shape index (κ1) is 14.4. The molecule has 4 nitrogen and oxygen atoms in total. The van der Waals surface area contributed by atoms with Crippen LogP contribution >= 0.6 is 0 Å². The smallest absolute Gasteiger partial charge is 0.303 e. The van der Waals surface area contributed by atoms with Crippen LogP contribution in [0.3, 0.4) is 0 Å². The number of carbonyl (C=O) groups is 2. The maximum Gasteiger partial charge on any atom is 0.303 e. The van der Waals surface area contributed by atoms with Crippen molar-refractivity contribution in [1.82, 2.24) is 0 Å². The third-order valence-electron chi connectivity index (χ3n) is 7.24. The standard InChI is InChI=1S/C18H24O4/c1-10-11-8-18-7-4-12(19)16(2,6-5-13(20)21)15(18)14(10)22-17(11,3)9-18/h4,7,10-11,14-15H,5-6,8-9H2,1-3H3,(H,20,21)/t10-,11?,14?,15?,16+,17?,18?/m0/s1. The largest absolute Gasteiger partial charge is 0.481 e. The quantitative estimate of drug-likeness (QED) is 0.871. The molecule has 120 valence electrons. The lowest BCUT2D eigenvalue weighted by molar-refractivity contribution is -0.175. The minimum absolute atomic E-state index is 0.0377. The Hall–Kier alpha value is -1.16. The van der Waals surface area contributed by atoms with Crippen molar-refractivity contribution in [3.8, 4) is 0 Å². The van der Waals surface area contributed by atoms with Gasteiger partial charge in [0.05, 0.1) is 11.7 Å². The van der Waals surface area contributed by atoms with E-state index in [0.717, 1.165) is 12.8 Å². The summed E-state index contributed by atoms with van der Waals surface area (Å²) in [5, 5.41) is 9.08. The Morgan fingerprint density at radius 1 is 1.45 bits per heavy atom. The zero-order valence-electron chi connectivity index (χ0n) is 13.5. The SMILES string of the molecule is C[C@@H]1C2OC3(C)CC4(C=CC(=O)[C@@](C)(CCC(=O)O)C24)CC13. The van der Waals surface area contributed by atoms with Gasteiger partial charge in [-0.05, 0) is 49.5 Å². The van der Waals surface area contributed by atoms with Gasteiger partial charge in [-0.1, -0.05) is 19.9 Å². The molecule has 2 saturated heterocycles. The Morgan fingerprint density at radius 2 is 2.18 bits per heavy atom. The second-order valence-corrected chi connectivity index (χ2v) is 8.46. The van der Waals surface area contributed by atoms with E-state index in [-0.39, 0.29) is 35.2 Å². The van der Waals surface area contributed by atoms with Crippen molar-refractivity contribution in [3.63, 3.8) is 0 Å². The van der Waals surface area contributed by atoms with E-state index >= 15 is 0 Å². The van der Waals surface area contributed by atoms with Crippen LogP contribution in [0.15, 0.2) is 12.2 Å². The average molecular weight is 304 g/mol. The number of hydrogen-bond acceptors (Lipinski definition) is 3. The Morgan fingerprint density at radius 3 is 2.82 bits per heavy atom. The van der Waals surface area contributed by atoms with E-state index in [1.165, 1.54) is 0 Å². The maximum absolute atomic E-state index is 12.7. The molecular formula is C18H24O4. The Kier molecular flexibility index (Phi) is 2.64. The van der Waals surface area contributed by atoms with Gasteiger partial charge in [-0.2, -0.15) is 0 Å². The predicted octanol–water partition coefficient (Wildman–Crippen LogP) is 2.82. The van der Waals surface area contributed by atoms with Gasteiger partial charge in [-0.3, -0.25) is 9.59 Å². The third-order valence-corrected chi connectivity index (χ3v) is 7.24. The summed E-state index contributed by atoms with van der Waals surface area (Å²) in [6.07, 6.45) is 6.48. The number of carbonyl (C=O) groups excluding carboxylic acids is 1. The number of carboxylic acids is 1. The summed E-state index contributed by atoms with van der Waals surface area (Å²) in [4.78, 5) is 23.7. The fourth-order valence-electron chi connectivity index (χ4n) is 6.39. The van der Waals surface area contributed by atoms with Crippen LogP contribution in [0, 0.1) is 28.6 Å². The van der Waals surface area contributed by atoms with Gasteiger partial charge in [0, 0.05) is 17.8 Å². The fourth-order valence-corrected chi connectivity index (χ4v) is 6.39. The molecule has 0 aromatic rings. The number of carboxylic acid groups (broad SMARTS) is 1. The van der Waals surface area contributed by atoms with Crippen molar-refractivity contribution in [2.24, 2.45) is 28.6 Å². The summed E-state index contributed by atoms with van der Waals surface area (Å²) in [6.45, 7) is 6.44. The third kappa shape index (κ3) is 1.52. The first-order valence-corrected chi connectivity index (χ1v) is 8.35. The van der Waals surface area contributed by atoms with Gasteiger partial charge >= 0.3 is 5.97 Å². The van der Waals surface area contributed by atoms with Crippen molar-refractivity contribution >= 4 is 11.8 Å². The lowest BCUT2D eigenvalue weighted by atomic mass is 9.50. The van der Waals surface area contributed by atoms with Crippen LogP contribution in [0.5, 0.6) is 0 Å². The summed E-state index contributed by atoms with van der Waals surface area (Å²) < 4.78 is 6.43. The van der Waals surface area contributed by atoms with Gasteiger partial charge in [0.1, 0.15) is 0 Å². The van der Waals surface area contributed by atoms with Crippen LogP contribution in [0.25, 0.3) is 0 Å². The lowest BCUT2D eigenvalue weighted by Crippen LogP contribution is -2.57. The molecule has 0 aromatic carbocycles. The molecule has 1 spiro atoms. The molecule has 5 unspecified atom stereocenters. The van der Waals surface area contributed by atoms with Gasteiger partial charge in [0.2, 0.25) is 0 Å². The lowest BCUT2D eigenvalue weighted by Gasteiger charge is -2.56. The predicted molar refractivity (Wildman–Crippen MR) is 80.2 cm³/mol. The van der Waals surface area contributed by atoms with Gasteiger partial charge in [0.25, 0.3) is 0 Å². The zero-order chi connectivity index (χ0) is 15.9. The van der Waals surface area contributed by atoms with Crippen molar-refractivity contribution in [2.45, 2.75) is 58.2 Å². The molecule has 0 aromatic heterocycles. The molecule has 3 aliphatic carbocycles. The second-order valence-electron chi connectivity index (χ2n) is 8.46. The molecule has 5 rings (SSSR count). The highest BCUT2D eigenvalue weighted by Gasteiger charge is 2.73. The molecule has 4 bridgehead atoms. The molecule has 2 saturated carbocycles. The van der Waals surface area contributed by atoms with Crippen molar-refractivity contribution in [3.05, 3.63) is 12.2 Å². The van der Waals surface area contributed by atoms with Crippen LogP contribution in [-0.2, 0) is 14.3 Å². The highest BCUT2D eigenvalue weighted by Crippen LogP contribution is 2.73. The van der Waals surface area contributed by atoms with Crippen LogP contribution in [-0.4, -0.2) is 28.6 Å². The normalized spacial score (nSPS) is 54.8. The number of rotatable bonds is 3. The summed E-state index contributed by atoms with van der Waals surface area (Å²) in [5.74, 6) is 0.396. The number of allylic oxidation sites excluding steroid dienone is 2. The van der Waals surface area contributed by atoms with Gasteiger partial charge in [-0.25, -0.2) is 0 Å². The van der Waals surface area contributed by atoms with Gasteiger partial charge in [-0.15, -0.1) is 0 Å². The highest BCUT2D eigenvalue weighted by atomic mass is 16.5. The zero-order valence-corrected chi connectivity index (χ0v) is 13.5. The monoisotopic (exact) mass is 304 g/mol. The van der Waals surface area contributed by atoms with E-state index in [0.29, 0.717) is 18.3 Å². The first-order chi connectivity index (χ1) is 10.2. The minimum atomic E-state index is -0.829. The summed E-state index contributed by atoms with van der Waals surface area (Å²) >= 11 is 0. The molecule has 5 aliphatic rings. The molecule has 2 aliphatic heterocycles.